The molecule has 0 saturated carbocycles. The number of amides is 1. The van der Waals surface area contributed by atoms with Gasteiger partial charge in [0.1, 0.15) is 0 Å². The molecule has 1 saturated heterocycles. The van der Waals surface area contributed by atoms with E-state index in [2.05, 4.69) is 10.6 Å². The van der Waals surface area contributed by atoms with E-state index >= 15 is 0 Å². The van der Waals surface area contributed by atoms with Gasteiger partial charge >= 0.3 is 0 Å². The number of hydrogen-bond acceptors (Lipinski definition) is 4. The van der Waals surface area contributed by atoms with E-state index in [1.807, 2.05) is 6.92 Å². The number of nitro benzene ring substituents is 1. The fourth-order valence-corrected chi connectivity index (χ4v) is 2.52. The van der Waals surface area contributed by atoms with Crippen molar-refractivity contribution >= 4 is 11.6 Å². The van der Waals surface area contributed by atoms with Crippen LogP contribution >= 0.6 is 0 Å². The summed E-state index contributed by atoms with van der Waals surface area (Å²) in [5, 5.41) is 16.8. The molecule has 0 unspecified atom stereocenters. The third-order valence-corrected chi connectivity index (χ3v) is 4.10. The average molecular weight is 291 g/mol. The molecule has 1 aromatic carbocycles. The number of nitrogens with zero attached hydrogens (tertiary/aromatic N) is 1. The predicted octanol–water partition coefficient (Wildman–Crippen LogP) is 1.64. The van der Waals surface area contributed by atoms with Crippen LogP contribution in [0.1, 0.15) is 25.3 Å². The minimum atomic E-state index is -0.413. The molecule has 1 fully saturated rings. The SMILES string of the molecule is CC1(C(=O)NCCc2ccc([N+](=O)[O-])cc2)CCNCC1. The molecule has 0 aliphatic carbocycles. The van der Waals surface area contributed by atoms with Crippen LogP contribution in [-0.4, -0.2) is 30.5 Å². The lowest BCUT2D eigenvalue weighted by molar-refractivity contribution is -0.384. The van der Waals surface area contributed by atoms with E-state index in [0.29, 0.717) is 13.0 Å². The lowest BCUT2D eigenvalue weighted by Crippen LogP contribution is -2.46. The second-order valence-electron chi connectivity index (χ2n) is 5.74. The van der Waals surface area contributed by atoms with Gasteiger partial charge in [-0.1, -0.05) is 19.1 Å². The van der Waals surface area contributed by atoms with Crippen molar-refractivity contribution in [3.05, 3.63) is 39.9 Å². The van der Waals surface area contributed by atoms with Crippen LogP contribution in [0.25, 0.3) is 0 Å². The molecule has 1 aliphatic rings. The summed E-state index contributed by atoms with van der Waals surface area (Å²) in [5.74, 6) is 0.103. The summed E-state index contributed by atoms with van der Waals surface area (Å²) in [6.45, 7) is 4.33. The highest BCUT2D eigenvalue weighted by atomic mass is 16.6. The first-order valence-corrected chi connectivity index (χ1v) is 7.24. The molecule has 0 aromatic heterocycles. The highest BCUT2D eigenvalue weighted by Gasteiger charge is 2.33. The van der Waals surface area contributed by atoms with E-state index in [1.54, 1.807) is 12.1 Å². The number of nitrogens with one attached hydrogen (secondary N) is 2. The highest BCUT2D eigenvalue weighted by Crippen LogP contribution is 2.27. The molecule has 0 spiro atoms. The van der Waals surface area contributed by atoms with Gasteiger partial charge in [0.2, 0.25) is 5.91 Å². The first-order valence-electron chi connectivity index (χ1n) is 7.24. The van der Waals surface area contributed by atoms with Crippen LogP contribution in [0.2, 0.25) is 0 Å². The Morgan fingerprint density at radius 2 is 1.95 bits per heavy atom. The van der Waals surface area contributed by atoms with Crippen LogP contribution in [0.5, 0.6) is 0 Å². The zero-order chi connectivity index (χ0) is 15.3. The summed E-state index contributed by atoms with van der Waals surface area (Å²) in [5.41, 5.74) is 0.794. The second-order valence-corrected chi connectivity index (χ2v) is 5.74. The number of carbonyl (C=O) groups is 1. The molecule has 6 heteroatoms. The van der Waals surface area contributed by atoms with E-state index in [1.165, 1.54) is 12.1 Å². The molecule has 2 rings (SSSR count). The van der Waals surface area contributed by atoms with Crippen LogP contribution in [-0.2, 0) is 11.2 Å². The minimum Gasteiger partial charge on any atom is -0.355 e. The molecular weight excluding hydrogens is 270 g/mol. The minimum absolute atomic E-state index is 0.0880. The van der Waals surface area contributed by atoms with Crippen molar-refractivity contribution in [2.75, 3.05) is 19.6 Å². The first kappa shape index (κ1) is 15.4. The van der Waals surface area contributed by atoms with Gasteiger partial charge in [-0.15, -0.1) is 0 Å². The van der Waals surface area contributed by atoms with Crippen molar-refractivity contribution in [1.82, 2.24) is 10.6 Å². The van der Waals surface area contributed by atoms with Gasteiger partial charge < -0.3 is 10.6 Å². The summed E-state index contributed by atoms with van der Waals surface area (Å²) in [6, 6.07) is 6.45. The van der Waals surface area contributed by atoms with Crippen LogP contribution in [0.4, 0.5) is 5.69 Å². The third-order valence-electron chi connectivity index (χ3n) is 4.10. The van der Waals surface area contributed by atoms with E-state index in [4.69, 9.17) is 0 Å². The summed E-state index contributed by atoms with van der Waals surface area (Å²) in [6.07, 6.45) is 2.39. The number of hydrogen-bond donors (Lipinski definition) is 2. The van der Waals surface area contributed by atoms with Gasteiger partial charge in [0.25, 0.3) is 5.69 Å². The summed E-state index contributed by atoms with van der Waals surface area (Å²) >= 11 is 0. The number of non-ortho nitro benzene ring substituents is 1. The number of piperidine rings is 1. The molecule has 0 atom stereocenters. The standard InChI is InChI=1S/C15H21N3O3/c1-15(7-10-16-11-8-15)14(19)17-9-6-12-2-4-13(5-3-12)18(20)21/h2-5,16H,6-11H2,1H3,(H,17,19). The Labute approximate surface area is 124 Å². The predicted molar refractivity (Wildman–Crippen MR) is 80.0 cm³/mol. The van der Waals surface area contributed by atoms with Gasteiger partial charge in [-0.05, 0) is 37.9 Å². The van der Waals surface area contributed by atoms with Crippen molar-refractivity contribution in [3.63, 3.8) is 0 Å². The van der Waals surface area contributed by atoms with E-state index < -0.39 is 4.92 Å². The summed E-state index contributed by atoms with van der Waals surface area (Å²) in [4.78, 5) is 22.4. The Kier molecular flexibility index (Phi) is 4.90. The fourth-order valence-electron chi connectivity index (χ4n) is 2.52. The molecule has 1 heterocycles. The maximum absolute atomic E-state index is 12.2. The summed E-state index contributed by atoms with van der Waals surface area (Å²) in [7, 11) is 0. The van der Waals surface area contributed by atoms with E-state index in [-0.39, 0.29) is 17.0 Å². The Morgan fingerprint density at radius 1 is 1.33 bits per heavy atom. The Hall–Kier alpha value is -1.95. The zero-order valence-corrected chi connectivity index (χ0v) is 12.2. The molecule has 114 valence electrons. The molecule has 6 nitrogen and oxygen atoms in total. The molecule has 2 N–H and O–H groups in total. The Bertz CT molecular complexity index is 507. The monoisotopic (exact) mass is 291 g/mol. The van der Waals surface area contributed by atoms with Crippen molar-refractivity contribution in [1.29, 1.82) is 0 Å². The normalized spacial score (nSPS) is 17.2. The van der Waals surface area contributed by atoms with Crippen LogP contribution in [0.3, 0.4) is 0 Å². The maximum Gasteiger partial charge on any atom is 0.269 e. The molecule has 1 aromatic rings. The zero-order valence-electron chi connectivity index (χ0n) is 12.2. The number of carbonyl (C=O) groups excluding carboxylic acids is 1. The number of nitro groups is 1. The molecule has 1 amide bonds. The third kappa shape index (κ3) is 4.01. The van der Waals surface area contributed by atoms with Crippen molar-refractivity contribution in [2.24, 2.45) is 5.41 Å². The Balaban J connectivity index is 1.80. The largest absolute Gasteiger partial charge is 0.355 e. The molecule has 0 bridgehead atoms. The lowest BCUT2D eigenvalue weighted by atomic mass is 9.80. The maximum atomic E-state index is 12.2. The number of rotatable bonds is 5. The second kappa shape index (κ2) is 6.67. The average Bonchev–Trinajstić information content (AvgIpc) is 2.48. The molecular formula is C15H21N3O3. The summed E-state index contributed by atoms with van der Waals surface area (Å²) < 4.78 is 0. The fraction of sp³-hybridized carbons (Fsp3) is 0.533. The first-order chi connectivity index (χ1) is 10.0. The number of benzene rings is 1. The van der Waals surface area contributed by atoms with Gasteiger partial charge in [0.05, 0.1) is 4.92 Å². The van der Waals surface area contributed by atoms with E-state index in [0.717, 1.165) is 31.5 Å². The van der Waals surface area contributed by atoms with Gasteiger partial charge in [0, 0.05) is 24.1 Å². The van der Waals surface area contributed by atoms with Crippen molar-refractivity contribution in [2.45, 2.75) is 26.2 Å². The van der Waals surface area contributed by atoms with E-state index in [9.17, 15) is 14.9 Å². The molecule has 1 aliphatic heterocycles. The molecule has 21 heavy (non-hydrogen) atoms. The van der Waals surface area contributed by atoms with Crippen LogP contribution in [0.15, 0.2) is 24.3 Å². The highest BCUT2D eigenvalue weighted by molar-refractivity contribution is 5.82. The van der Waals surface area contributed by atoms with Crippen molar-refractivity contribution < 1.29 is 9.72 Å². The molecule has 0 radical (unpaired) electrons. The van der Waals surface area contributed by atoms with Crippen LogP contribution < -0.4 is 10.6 Å². The van der Waals surface area contributed by atoms with Crippen molar-refractivity contribution in [3.8, 4) is 0 Å². The topological polar surface area (TPSA) is 84.3 Å². The quantitative estimate of drug-likeness (QED) is 0.638. The Morgan fingerprint density at radius 3 is 2.52 bits per heavy atom. The lowest BCUT2D eigenvalue weighted by Gasteiger charge is -2.32. The van der Waals surface area contributed by atoms with Gasteiger partial charge in [-0.25, -0.2) is 0 Å². The van der Waals surface area contributed by atoms with Crippen LogP contribution in [0, 0.1) is 15.5 Å². The van der Waals surface area contributed by atoms with Gasteiger partial charge in [-0.3, -0.25) is 14.9 Å². The smallest absolute Gasteiger partial charge is 0.269 e. The van der Waals surface area contributed by atoms with Gasteiger partial charge in [-0.2, -0.15) is 0 Å². The van der Waals surface area contributed by atoms with Gasteiger partial charge in [0.15, 0.2) is 0 Å².